The van der Waals surface area contributed by atoms with Crippen LogP contribution in [0.3, 0.4) is 0 Å². The summed E-state index contributed by atoms with van der Waals surface area (Å²) in [6.07, 6.45) is -0.251. The predicted octanol–water partition coefficient (Wildman–Crippen LogP) is 2.09. The van der Waals surface area contributed by atoms with Crippen LogP contribution >= 0.6 is 0 Å². The normalized spacial score (nSPS) is 10.9. The van der Waals surface area contributed by atoms with E-state index >= 15 is 0 Å². The van der Waals surface area contributed by atoms with Gasteiger partial charge in [-0.15, -0.1) is 0 Å². The largest absolute Gasteiger partial charge is 0.481 e. The second kappa shape index (κ2) is 4.79. The standard InChI is InChI=1S/C12H14O4/c1-12(2,8-10(13)14)11(15)16-9-6-4-3-5-7-9/h3-7H,8H2,1-2H3,(H,13,14). The fourth-order valence-electron chi connectivity index (χ4n) is 1.18. The first-order valence-electron chi connectivity index (χ1n) is 4.91. The predicted molar refractivity (Wildman–Crippen MR) is 58.1 cm³/mol. The Morgan fingerprint density at radius 3 is 2.31 bits per heavy atom. The van der Waals surface area contributed by atoms with Gasteiger partial charge in [0.05, 0.1) is 11.8 Å². The van der Waals surface area contributed by atoms with Gasteiger partial charge in [0, 0.05) is 0 Å². The molecule has 0 amide bonds. The molecular weight excluding hydrogens is 208 g/mol. The molecular formula is C12H14O4. The van der Waals surface area contributed by atoms with Crippen molar-refractivity contribution in [3.05, 3.63) is 30.3 Å². The molecule has 0 aliphatic carbocycles. The Hall–Kier alpha value is -1.84. The number of carboxylic acids is 1. The average molecular weight is 222 g/mol. The Morgan fingerprint density at radius 1 is 1.25 bits per heavy atom. The Kier molecular flexibility index (Phi) is 3.66. The van der Waals surface area contributed by atoms with Crippen molar-refractivity contribution in [1.29, 1.82) is 0 Å². The summed E-state index contributed by atoms with van der Waals surface area (Å²) in [6, 6.07) is 8.59. The van der Waals surface area contributed by atoms with Gasteiger partial charge in [-0.25, -0.2) is 0 Å². The van der Waals surface area contributed by atoms with E-state index in [-0.39, 0.29) is 6.42 Å². The topological polar surface area (TPSA) is 63.6 Å². The van der Waals surface area contributed by atoms with Crippen LogP contribution in [0.2, 0.25) is 0 Å². The van der Waals surface area contributed by atoms with E-state index in [1.165, 1.54) is 0 Å². The maximum Gasteiger partial charge on any atom is 0.317 e. The van der Waals surface area contributed by atoms with Gasteiger partial charge < -0.3 is 9.84 Å². The van der Waals surface area contributed by atoms with E-state index in [2.05, 4.69) is 0 Å². The lowest BCUT2D eigenvalue weighted by molar-refractivity contribution is -0.151. The smallest absolute Gasteiger partial charge is 0.317 e. The quantitative estimate of drug-likeness (QED) is 0.625. The van der Waals surface area contributed by atoms with E-state index in [0.717, 1.165) is 0 Å². The average Bonchev–Trinajstić information content (AvgIpc) is 2.17. The van der Waals surface area contributed by atoms with Crippen LogP contribution in [0.15, 0.2) is 30.3 Å². The van der Waals surface area contributed by atoms with Gasteiger partial charge in [0.15, 0.2) is 0 Å². The lowest BCUT2D eigenvalue weighted by Gasteiger charge is -2.19. The third kappa shape index (κ3) is 3.38. The fraction of sp³-hybridized carbons (Fsp3) is 0.333. The van der Waals surface area contributed by atoms with Crippen LogP contribution in [0.25, 0.3) is 0 Å². The summed E-state index contributed by atoms with van der Waals surface area (Å²) >= 11 is 0. The van der Waals surface area contributed by atoms with E-state index in [0.29, 0.717) is 5.75 Å². The fourth-order valence-corrected chi connectivity index (χ4v) is 1.18. The number of rotatable bonds is 4. The van der Waals surface area contributed by atoms with Crippen LogP contribution in [-0.4, -0.2) is 17.0 Å². The summed E-state index contributed by atoms with van der Waals surface area (Å²) in [6.45, 7) is 3.10. The van der Waals surface area contributed by atoms with E-state index in [1.54, 1.807) is 44.2 Å². The molecule has 1 aromatic carbocycles. The molecule has 4 heteroatoms. The second-order valence-corrected chi connectivity index (χ2v) is 4.16. The second-order valence-electron chi connectivity index (χ2n) is 4.16. The maximum absolute atomic E-state index is 11.7. The van der Waals surface area contributed by atoms with Gasteiger partial charge in [-0.05, 0) is 26.0 Å². The Bertz CT molecular complexity index is 381. The van der Waals surface area contributed by atoms with Gasteiger partial charge >= 0.3 is 11.9 Å². The maximum atomic E-state index is 11.7. The molecule has 1 N–H and O–H groups in total. The van der Waals surface area contributed by atoms with Crippen molar-refractivity contribution in [2.24, 2.45) is 5.41 Å². The molecule has 1 aromatic rings. The summed E-state index contributed by atoms with van der Waals surface area (Å²) in [7, 11) is 0. The van der Waals surface area contributed by atoms with E-state index in [1.807, 2.05) is 0 Å². The first-order valence-corrected chi connectivity index (χ1v) is 4.91. The number of ether oxygens (including phenoxy) is 1. The zero-order valence-corrected chi connectivity index (χ0v) is 9.27. The first-order chi connectivity index (χ1) is 7.42. The van der Waals surface area contributed by atoms with Gasteiger partial charge in [-0.1, -0.05) is 18.2 Å². The summed E-state index contributed by atoms with van der Waals surface area (Å²) in [4.78, 5) is 22.2. The first kappa shape index (κ1) is 12.2. The highest BCUT2D eigenvalue weighted by Gasteiger charge is 2.32. The van der Waals surface area contributed by atoms with Gasteiger partial charge in [-0.3, -0.25) is 9.59 Å². The molecule has 0 fully saturated rings. The van der Waals surface area contributed by atoms with Crippen molar-refractivity contribution < 1.29 is 19.4 Å². The van der Waals surface area contributed by atoms with Crippen molar-refractivity contribution in [2.45, 2.75) is 20.3 Å². The molecule has 0 spiro atoms. The Labute approximate surface area is 93.9 Å². The van der Waals surface area contributed by atoms with Gasteiger partial charge in [-0.2, -0.15) is 0 Å². The van der Waals surface area contributed by atoms with Crippen LogP contribution in [-0.2, 0) is 9.59 Å². The number of esters is 1. The van der Waals surface area contributed by atoms with Crippen LogP contribution < -0.4 is 4.74 Å². The highest BCUT2D eigenvalue weighted by atomic mass is 16.5. The van der Waals surface area contributed by atoms with Gasteiger partial charge in [0.1, 0.15) is 5.75 Å². The van der Waals surface area contributed by atoms with E-state index < -0.39 is 17.4 Å². The molecule has 0 atom stereocenters. The number of para-hydroxylation sites is 1. The number of aliphatic carboxylic acids is 1. The molecule has 0 saturated heterocycles. The zero-order valence-electron chi connectivity index (χ0n) is 9.27. The summed E-state index contributed by atoms with van der Waals surface area (Å²) in [5, 5.41) is 8.66. The molecule has 0 bridgehead atoms. The molecule has 0 aliphatic heterocycles. The molecule has 0 unspecified atom stereocenters. The number of hydrogen-bond donors (Lipinski definition) is 1. The summed E-state index contributed by atoms with van der Waals surface area (Å²) in [5.74, 6) is -1.14. The highest BCUT2D eigenvalue weighted by molar-refractivity contribution is 5.83. The third-order valence-corrected chi connectivity index (χ3v) is 2.10. The number of benzene rings is 1. The van der Waals surface area contributed by atoms with Crippen molar-refractivity contribution in [3.8, 4) is 5.75 Å². The molecule has 0 radical (unpaired) electrons. The Balaban J connectivity index is 2.68. The lowest BCUT2D eigenvalue weighted by Crippen LogP contribution is -2.31. The highest BCUT2D eigenvalue weighted by Crippen LogP contribution is 2.23. The number of carbonyl (C=O) groups is 2. The van der Waals surface area contributed by atoms with Crippen molar-refractivity contribution >= 4 is 11.9 Å². The molecule has 16 heavy (non-hydrogen) atoms. The van der Waals surface area contributed by atoms with Crippen LogP contribution in [0.5, 0.6) is 5.75 Å². The molecule has 0 saturated carbocycles. The van der Waals surface area contributed by atoms with E-state index in [9.17, 15) is 9.59 Å². The minimum atomic E-state index is -1.03. The van der Waals surface area contributed by atoms with Crippen molar-refractivity contribution in [1.82, 2.24) is 0 Å². The van der Waals surface area contributed by atoms with Crippen LogP contribution in [0, 0.1) is 5.41 Å². The minimum Gasteiger partial charge on any atom is -0.481 e. The molecule has 4 nitrogen and oxygen atoms in total. The van der Waals surface area contributed by atoms with Gasteiger partial charge in [0.25, 0.3) is 0 Å². The third-order valence-electron chi connectivity index (χ3n) is 2.10. The van der Waals surface area contributed by atoms with Gasteiger partial charge in [0.2, 0.25) is 0 Å². The summed E-state index contributed by atoms with van der Waals surface area (Å²) < 4.78 is 5.08. The minimum absolute atomic E-state index is 0.251. The number of carbonyl (C=O) groups excluding carboxylic acids is 1. The van der Waals surface area contributed by atoms with Crippen LogP contribution in [0.1, 0.15) is 20.3 Å². The number of carboxylic acid groups (broad SMARTS) is 1. The van der Waals surface area contributed by atoms with Crippen molar-refractivity contribution in [3.63, 3.8) is 0 Å². The molecule has 0 heterocycles. The molecule has 0 aliphatic rings. The lowest BCUT2D eigenvalue weighted by atomic mass is 9.90. The van der Waals surface area contributed by atoms with E-state index in [4.69, 9.17) is 9.84 Å². The SMILES string of the molecule is CC(C)(CC(=O)O)C(=O)Oc1ccccc1. The summed E-state index contributed by atoms with van der Waals surface area (Å²) in [5.41, 5.74) is -1.03. The monoisotopic (exact) mass is 222 g/mol. The molecule has 86 valence electrons. The number of hydrogen-bond acceptors (Lipinski definition) is 3. The molecule has 1 rings (SSSR count). The Morgan fingerprint density at radius 2 is 1.81 bits per heavy atom. The zero-order chi connectivity index (χ0) is 12.2. The molecule has 0 aromatic heterocycles. The van der Waals surface area contributed by atoms with Crippen LogP contribution in [0.4, 0.5) is 0 Å². The van der Waals surface area contributed by atoms with Crippen molar-refractivity contribution in [2.75, 3.05) is 0 Å².